The monoisotopic (exact) mass is 486 g/mol. The van der Waals surface area contributed by atoms with Gasteiger partial charge in [-0.3, -0.25) is 0 Å². The first-order chi connectivity index (χ1) is 18.3. The fraction of sp³-hybridized carbons (Fsp3) is 0. The molecular weight excluding hydrogens is 464 g/mol. The quantitative estimate of drug-likeness (QED) is 0.213. The van der Waals surface area contributed by atoms with E-state index >= 15 is 0 Å². The molecule has 1 heteroatoms. The van der Waals surface area contributed by atoms with Crippen molar-refractivity contribution in [2.24, 2.45) is 0 Å². The highest BCUT2D eigenvalue weighted by Crippen LogP contribution is 2.43. The maximum absolute atomic E-state index is 2.34. The molecule has 8 rings (SSSR count). The molecule has 0 N–H and O–H groups in total. The van der Waals surface area contributed by atoms with Gasteiger partial charge in [-0.25, -0.2) is 0 Å². The van der Waals surface area contributed by atoms with E-state index < -0.39 is 0 Å². The predicted octanol–water partition coefficient (Wildman–Crippen LogP) is 10.8. The van der Waals surface area contributed by atoms with Gasteiger partial charge in [0, 0.05) is 20.2 Å². The van der Waals surface area contributed by atoms with Crippen LogP contribution in [0.5, 0.6) is 0 Å². The summed E-state index contributed by atoms with van der Waals surface area (Å²) in [5, 5.41) is 10.5. The molecule has 7 aromatic carbocycles. The van der Waals surface area contributed by atoms with E-state index in [1.807, 2.05) is 11.3 Å². The van der Waals surface area contributed by atoms with Crippen molar-refractivity contribution < 1.29 is 0 Å². The second-order valence-corrected chi connectivity index (χ2v) is 10.8. The van der Waals surface area contributed by atoms with Crippen LogP contribution in [0, 0.1) is 0 Å². The van der Waals surface area contributed by atoms with Gasteiger partial charge in [0.25, 0.3) is 0 Å². The topological polar surface area (TPSA) is 0 Å². The normalized spacial score (nSPS) is 11.8. The summed E-state index contributed by atoms with van der Waals surface area (Å²) in [6, 6.07) is 48.9. The smallest absolute Gasteiger partial charge is 0.0434 e. The lowest BCUT2D eigenvalue weighted by Gasteiger charge is -2.09. The van der Waals surface area contributed by atoms with Crippen LogP contribution >= 0.6 is 11.3 Å². The van der Waals surface area contributed by atoms with Crippen LogP contribution in [0.2, 0.25) is 0 Å². The van der Waals surface area contributed by atoms with Crippen molar-refractivity contribution in [3.8, 4) is 22.3 Å². The van der Waals surface area contributed by atoms with Gasteiger partial charge in [0.15, 0.2) is 0 Å². The molecule has 0 bridgehead atoms. The summed E-state index contributed by atoms with van der Waals surface area (Å²) >= 11 is 1.92. The van der Waals surface area contributed by atoms with E-state index in [9.17, 15) is 0 Å². The summed E-state index contributed by atoms with van der Waals surface area (Å²) in [5.74, 6) is 0. The van der Waals surface area contributed by atoms with E-state index in [4.69, 9.17) is 0 Å². The SMILES string of the molecule is c1ccc2c(c1)ccc1ccc(-c3ccc(-c4cccc5c4sc4c6ccccc6ccc54)cc3)cc12. The average molecular weight is 487 g/mol. The number of hydrogen-bond acceptors (Lipinski definition) is 1. The van der Waals surface area contributed by atoms with Crippen molar-refractivity contribution in [1.29, 1.82) is 0 Å². The Balaban J connectivity index is 1.25. The molecule has 0 aliphatic carbocycles. The summed E-state index contributed by atoms with van der Waals surface area (Å²) in [5.41, 5.74) is 5.06. The van der Waals surface area contributed by atoms with Gasteiger partial charge in [0.05, 0.1) is 0 Å². The van der Waals surface area contributed by atoms with Gasteiger partial charge in [0.1, 0.15) is 0 Å². The van der Waals surface area contributed by atoms with Crippen LogP contribution in [0.4, 0.5) is 0 Å². The van der Waals surface area contributed by atoms with Crippen molar-refractivity contribution in [2.75, 3.05) is 0 Å². The molecule has 0 aliphatic rings. The molecule has 1 aromatic heterocycles. The number of benzene rings is 7. The van der Waals surface area contributed by atoms with Gasteiger partial charge in [-0.05, 0) is 60.6 Å². The molecule has 0 radical (unpaired) electrons. The second-order valence-electron chi connectivity index (χ2n) is 9.75. The standard InChI is InChI=1S/C36H22S/c1-3-8-29-24(6-1)16-17-27-18-19-28(22-34(27)29)23-12-14-26(15-13-23)31-10-5-11-32-33-21-20-25-7-2-4-9-30(25)36(33)37-35(31)32/h1-22H. The largest absolute Gasteiger partial charge is 0.134 e. The van der Waals surface area contributed by atoms with Crippen molar-refractivity contribution >= 4 is 63.8 Å². The number of hydrogen-bond donors (Lipinski definition) is 0. The molecule has 8 aromatic rings. The third kappa shape index (κ3) is 3.21. The Bertz CT molecular complexity index is 2130. The van der Waals surface area contributed by atoms with Gasteiger partial charge >= 0.3 is 0 Å². The van der Waals surface area contributed by atoms with Crippen LogP contribution < -0.4 is 0 Å². The van der Waals surface area contributed by atoms with E-state index in [0.29, 0.717) is 0 Å². The highest BCUT2D eigenvalue weighted by Gasteiger charge is 2.13. The van der Waals surface area contributed by atoms with E-state index in [2.05, 4.69) is 133 Å². The lowest BCUT2D eigenvalue weighted by molar-refractivity contribution is 1.63. The molecule has 0 fully saturated rings. The number of fused-ring (bicyclic) bond motifs is 8. The predicted molar refractivity (Wildman–Crippen MR) is 163 cm³/mol. The van der Waals surface area contributed by atoms with Crippen molar-refractivity contribution in [1.82, 2.24) is 0 Å². The molecule has 0 spiro atoms. The number of thiophene rings is 1. The minimum atomic E-state index is 1.24. The Labute approximate surface area is 219 Å². The molecule has 37 heavy (non-hydrogen) atoms. The Morgan fingerprint density at radius 2 is 0.892 bits per heavy atom. The fourth-order valence-electron chi connectivity index (χ4n) is 5.78. The van der Waals surface area contributed by atoms with E-state index in [-0.39, 0.29) is 0 Å². The summed E-state index contributed by atoms with van der Waals surface area (Å²) in [7, 11) is 0. The summed E-state index contributed by atoms with van der Waals surface area (Å²) < 4.78 is 2.74. The third-order valence-electron chi connectivity index (χ3n) is 7.66. The summed E-state index contributed by atoms with van der Waals surface area (Å²) in [6.07, 6.45) is 0. The zero-order valence-electron chi connectivity index (χ0n) is 20.1. The van der Waals surface area contributed by atoms with Crippen LogP contribution in [-0.2, 0) is 0 Å². The molecule has 172 valence electrons. The first kappa shape index (κ1) is 20.7. The summed E-state index contributed by atoms with van der Waals surface area (Å²) in [4.78, 5) is 0. The first-order valence-corrected chi connectivity index (χ1v) is 13.5. The van der Waals surface area contributed by atoms with Crippen LogP contribution in [0.25, 0.3) is 74.7 Å². The van der Waals surface area contributed by atoms with Crippen LogP contribution in [-0.4, -0.2) is 0 Å². The van der Waals surface area contributed by atoms with Crippen LogP contribution in [0.3, 0.4) is 0 Å². The van der Waals surface area contributed by atoms with Crippen molar-refractivity contribution in [2.45, 2.75) is 0 Å². The van der Waals surface area contributed by atoms with Gasteiger partial charge < -0.3 is 0 Å². The second kappa shape index (κ2) is 8.03. The Hall–Kier alpha value is -4.46. The lowest BCUT2D eigenvalue weighted by Crippen LogP contribution is -1.83. The fourth-order valence-corrected chi connectivity index (χ4v) is 7.15. The van der Waals surface area contributed by atoms with Gasteiger partial charge in [0.2, 0.25) is 0 Å². The first-order valence-electron chi connectivity index (χ1n) is 12.7. The molecule has 0 amide bonds. The molecule has 0 nitrogen and oxygen atoms in total. The minimum Gasteiger partial charge on any atom is -0.134 e. The van der Waals surface area contributed by atoms with Crippen molar-refractivity contribution in [3.05, 3.63) is 133 Å². The van der Waals surface area contributed by atoms with E-state index in [1.165, 1.54) is 74.7 Å². The molecular formula is C36H22S. The average Bonchev–Trinajstić information content (AvgIpc) is 3.36. The Kier molecular flexibility index (Phi) is 4.49. The molecule has 0 atom stereocenters. The zero-order valence-corrected chi connectivity index (χ0v) is 20.9. The zero-order chi connectivity index (χ0) is 24.3. The van der Waals surface area contributed by atoms with Crippen LogP contribution in [0.1, 0.15) is 0 Å². The van der Waals surface area contributed by atoms with Gasteiger partial charge in [-0.1, -0.05) is 127 Å². The third-order valence-corrected chi connectivity index (χ3v) is 8.95. The molecule has 0 aliphatic heterocycles. The Morgan fingerprint density at radius 1 is 0.324 bits per heavy atom. The van der Waals surface area contributed by atoms with E-state index in [1.54, 1.807) is 0 Å². The molecule has 0 saturated carbocycles. The highest BCUT2D eigenvalue weighted by atomic mass is 32.1. The van der Waals surface area contributed by atoms with Crippen LogP contribution in [0.15, 0.2) is 133 Å². The summed E-state index contributed by atoms with van der Waals surface area (Å²) in [6.45, 7) is 0. The minimum absolute atomic E-state index is 1.24. The Morgan fingerprint density at radius 3 is 1.73 bits per heavy atom. The maximum atomic E-state index is 2.34. The molecule has 0 unspecified atom stereocenters. The van der Waals surface area contributed by atoms with Gasteiger partial charge in [-0.2, -0.15) is 0 Å². The van der Waals surface area contributed by atoms with Gasteiger partial charge in [-0.15, -0.1) is 11.3 Å². The number of rotatable bonds is 2. The maximum Gasteiger partial charge on any atom is 0.0434 e. The highest BCUT2D eigenvalue weighted by molar-refractivity contribution is 7.27. The van der Waals surface area contributed by atoms with E-state index in [0.717, 1.165) is 0 Å². The molecule has 0 saturated heterocycles. The van der Waals surface area contributed by atoms with Crippen molar-refractivity contribution in [3.63, 3.8) is 0 Å². The lowest BCUT2D eigenvalue weighted by atomic mass is 9.95. The molecule has 1 heterocycles.